The molecule has 0 bridgehead atoms. The Morgan fingerprint density at radius 3 is 2.82 bits per heavy atom. The van der Waals surface area contributed by atoms with E-state index < -0.39 is 0 Å². The van der Waals surface area contributed by atoms with E-state index >= 15 is 0 Å². The molecule has 22 heavy (non-hydrogen) atoms. The minimum atomic E-state index is -0.0739. The van der Waals surface area contributed by atoms with Crippen LogP contribution in [0.1, 0.15) is 6.42 Å². The summed E-state index contributed by atoms with van der Waals surface area (Å²) in [5.74, 6) is 0. The van der Waals surface area contributed by atoms with Gasteiger partial charge in [-0.25, -0.2) is 9.67 Å². The van der Waals surface area contributed by atoms with E-state index in [9.17, 15) is 4.79 Å². The van der Waals surface area contributed by atoms with Gasteiger partial charge in [0.05, 0.1) is 25.0 Å². The number of aryl methyl sites for hydroxylation is 2. The quantitative estimate of drug-likeness (QED) is 0.771. The average Bonchev–Trinajstić information content (AvgIpc) is 2.94. The molecule has 0 aliphatic carbocycles. The number of hydrogen-bond acceptors (Lipinski definition) is 6. The summed E-state index contributed by atoms with van der Waals surface area (Å²) in [6.45, 7) is 5.08. The van der Waals surface area contributed by atoms with Gasteiger partial charge in [0.15, 0.2) is 0 Å². The molecular weight excluding hydrogens is 282 g/mol. The zero-order valence-electron chi connectivity index (χ0n) is 12.8. The SMILES string of the molecule is CN1CCCN(c2cnn(CCn3cncn3)c(=O)c2)CC1. The van der Waals surface area contributed by atoms with Crippen LogP contribution in [0.3, 0.4) is 0 Å². The van der Waals surface area contributed by atoms with Crippen molar-refractivity contribution in [2.24, 2.45) is 0 Å². The number of rotatable bonds is 4. The first-order valence-corrected chi connectivity index (χ1v) is 7.55. The van der Waals surface area contributed by atoms with Crippen LogP contribution in [0.25, 0.3) is 0 Å². The maximum Gasteiger partial charge on any atom is 0.268 e. The molecule has 3 rings (SSSR count). The lowest BCUT2D eigenvalue weighted by Gasteiger charge is -2.22. The van der Waals surface area contributed by atoms with Crippen molar-refractivity contribution in [2.45, 2.75) is 19.5 Å². The normalized spacial score (nSPS) is 16.7. The lowest BCUT2D eigenvalue weighted by atomic mass is 10.3. The highest BCUT2D eigenvalue weighted by Crippen LogP contribution is 2.12. The maximum absolute atomic E-state index is 12.2. The number of hydrogen-bond donors (Lipinski definition) is 0. The molecule has 0 unspecified atom stereocenters. The van der Waals surface area contributed by atoms with Gasteiger partial charge in [-0.1, -0.05) is 0 Å². The summed E-state index contributed by atoms with van der Waals surface area (Å²) in [5, 5.41) is 8.31. The van der Waals surface area contributed by atoms with Crippen molar-refractivity contribution < 1.29 is 0 Å². The molecule has 118 valence electrons. The van der Waals surface area contributed by atoms with E-state index in [1.165, 1.54) is 11.0 Å². The van der Waals surface area contributed by atoms with Gasteiger partial charge in [-0.2, -0.15) is 10.2 Å². The van der Waals surface area contributed by atoms with Crippen LogP contribution in [-0.2, 0) is 13.1 Å². The molecule has 1 saturated heterocycles. The Balaban J connectivity index is 1.67. The van der Waals surface area contributed by atoms with Crippen LogP contribution in [0.2, 0.25) is 0 Å². The van der Waals surface area contributed by atoms with Crippen molar-refractivity contribution in [1.82, 2.24) is 29.4 Å². The summed E-state index contributed by atoms with van der Waals surface area (Å²) in [6, 6.07) is 1.68. The van der Waals surface area contributed by atoms with Crippen molar-refractivity contribution in [3.05, 3.63) is 35.3 Å². The Morgan fingerprint density at radius 2 is 2.05 bits per heavy atom. The summed E-state index contributed by atoms with van der Waals surface area (Å²) in [4.78, 5) is 20.6. The van der Waals surface area contributed by atoms with Crippen LogP contribution in [0.4, 0.5) is 5.69 Å². The van der Waals surface area contributed by atoms with Crippen LogP contribution >= 0.6 is 0 Å². The molecule has 8 nitrogen and oxygen atoms in total. The molecule has 0 N–H and O–H groups in total. The Bertz CT molecular complexity index is 651. The van der Waals surface area contributed by atoms with Crippen LogP contribution in [0.5, 0.6) is 0 Å². The molecular formula is C14H21N7O. The fourth-order valence-electron chi connectivity index (χ4n) is 2.61. The van der Waals surface area contributed by atoms with Gasteiger partial charge in [-0.3, -0.25) is 9.48 Å². The molecule has 0 atom stereocenters. The lowest BCUT2D eigenvalue weighted by molar-refractivity contribution is 0.360. The largest absolute Gasteiger partial charge is 0.369 e. The predicted molar refractivity (Wildman–Crippen MR) is 82.8 cm³/mol. The number of anilines is 1. The van der Waals surface area contributed by atoms with E-state index in [1.54, 1.807) is 23.3 Å². The molecule has 1 fully saturated rings. The molecule has 0 radical (unpaired) electrons. The van der Waals surface area contributed by atoms with Gasteiger partial charge in [0, 0.05) is 25.7 Å². The van der Waals surface area contributed by atoms with Gasteiger partial charge >= 0.3 is 0 Å². The van der Waals surface area contributed by atoms with E-state index in [4.69, 9.17) is 0 Å². The lowest BCUT2D eigenvalue weighted by Crippen LogP contribution is -2.31. The predicted octanol–water partition coefficient (Wildman–Crippen LogP) is -0.323. The van der Waals surface area contributed by atoms with E-state index in [2.05, 4.69) is 32.0 Å². The first-order valence-electron chi connectivity index (χ1n) is 7.55. The fourth-order valence-corrected chi connectivity index (χ4v) is 2.61. The van der Waals surface area contributed by atoms with Crippen molar-refractivity contribution in [3.8, 4) is 0 Å². The molecule has 3 heterocycles. The zero-order valence-corrected chi connectivity index (χ0v) is 12.8. The van der Waals surface area contributed by atoms with Crippen molar-refractivity contribution in [1.29, 1.82) is 0 Å². The second-order valence-electron chi connectivity index (χ2n) is 5.58. The summed E-state index contributed by atoms with van der Waals surface area (Å²) >= 11 is 0. The summed E-state index contributed by atoms with van der Waals surface area (Å²) in [7, 11) is 2.13. The van der Waals surface area contributed by atoms with Crippen LogP contribution in [0, 0.1) is 0 Å². The van der Waals surface area contributed by atoms with Crippen molar-refractivity contribution >= 4 is 5.69 Å². The highest BCUT2D eigenvalue weighted by molar-refractivity contribution is 5.43. The maximum atomic E-state index is 12.2. The molecule has 2 aromatic heterocycles. The molecule has 1 aliphatic heterocycles. The zero-order chi connectivity index (χ0) is 15.4. The van der Waals surface area contributed by atoms with Gasteiger partial charge < -0.3 is 9.80 Å². The number of nitrogens with zero attached hydrogens (tertiary/aromatic N) is 7. The Labute approximate surface area is 129 Å². The third-order valence-corrected chi connectivity index (χ3v) is 3.95. The van der Waals surface area contributed by atoms with Gasteiger partial charge in [0.2, 0.25) is 0 Å². The molecule has 2 aromatic rings. The van der Waals surface area contributed by atoms with E-state index in [1.807, 2.05) is 0 Å². The minimum absolute atomic E-state index is 0.0739. The van der Waals surface area contributed by atoms with Gasteiger partial charge in [-0.15, -0.1) is 0 Å². The standard InChI is InChI=1S/C14H21N7O/c1-18-3-2-4-19(6-5-18)13-9-14(22)21(16-10-13)8-7-20-12-15-11-17-20/h9-12H,2-8H2,1H3. The minimum Gasteiger partial charge on any atom is -0.369 e. The highest BCUT2D eigenvalue weighted by atomic mass is 16.1. The molecule has 1 aliphatic rings. The summed E-state index contributed by atoms with van der Waals surface area (Å²) < 4.78 is 3.15. The van der Waals surface area contributed by atoms with Crippen LogP contribution < -0.4 is 10.5 Å². The Hall–Kier alpha value is -2.22. The molecule has 8 heteroatoms. The van der Waals surface area contributed by atoms with E-state index in [0.29, 0.717) is 13.1 Å². The average molecular weight is 303 g/mol. The summed E-state index contributed by atoms with van der Waals surface area (Å²) in [6.07, 6.45) is 6.00. The van der Waals surface area contributed by atoms with Crippen LogP contribution in [-0.4, -0.2) is 62.7 Å². The van der Waals surface area contributed by atoms with Gasteiger partial charge in [0.1, 0.15) is 12.7 Å². The number of aromatic nitrogens is 5. The molecule has 0 aromatic carbocycles. The monoisotopic (exact) mass is 303 g/mol. The number of likely N-dealkylation sites (N-methyl/N-ethyl adjacent to an activating group) is 1. The fraction of sp³-hybridized carbons (Fsp3) is 0.571. The van der Waals surface area contributed by atoms with Crippen LogP contribution in [0.15, 0.2) is 29.7 Å². The third kappa shape index (κ3) is 3.51. The second kappa shape index (κ2) is 6.69. The molecule has 0 saturated carbocycles. The highest BCUT2D eigenvalue weighted by Gasteiger charge is 2.13. The van der Waals surface area contributed by atoms with Crippen molar-refractivity contribution in [2.75, 3.05) is 38.1 Å². The van der Waals surface area contributed by atoms with Crippen molar-refractivity contribution in [3.63, 3.8) is 0 Å². The smallest absolute Gasteiger partial charge is 0.268 e. The Morgan fingerprint density at radius 1 is 1.14 bits per heavy atom. The van der Waals surface area contributed by atoms with E-state index in [0.717, 1.165) is 38.3 Å². The Kier molecular flexibility index (Phi) is 4.47. The summed E-state index contributed by atoms with van der Waals surface area (Å²) in [5.41, 5.74) is 0.840. The van der Waals surface area contributed by atoms with Gasteiger partial charge in [-0.05, 0) is 20.0 Å². The first kappa shape index (κ1) is 14.7. The van der Waals surface area contributed by atoms with E-state index in [-0.39, 0.29) is 5.56 Å². The molecule has 0 amide bonds. The molecule has 0 spiro atoms. The topological polar surface area (TPSA) is 72.1 Å². The van der Waals surface area contributed by atoms with Gasteiger partial charge in [0.25, 0.3) is 5.56 Å². The second-order valence-corrected chi connectivity index (χ2v) is 5.58. The first-order chi connectivity index (χ1) is 10.7. The third-order valence-electron chi connectivity index (χ3n) is 3.95.